The standard InChI is InChI=1S/C10H20N2O3S2/c13-7-9-2-1-4-12(6-9)17(14,15)11-10-3-5-16-8-10/h9-11,13H,1-8H2. The molecule has 5 nitrogen and oxygen atoms in total. The van der Waals surface area contributed by atoms with Gasteiger partial charge in [0.1, 0.15) is 0 Å². The number of hydrogen-bond acceptors (Lipinski definition) is 4. The van der Waals surface area contributed by atoms with Gasteiger partial charge in [-0.1, -0.05) is 0 Å². The molecule has 0 aliphatic carbocycles. The molecule has 0 aromatic rings. The third-order valence-electron chi connectivity index (χ3n) is 3.33. The van der Waals surface area contributed by atoms with E-state index in [1.807, 2.05) is 0 Å². The van der Waals surface area contributed by atoms with Crippen LogP contribution in [0.5, 0.6) is 0 Å². The highest BCUT2D eigenvalue weighted by Crippen LogP contribution is 2.21. The van der Waals surface area contributed by atoms with Gasteiger partial charge in [-0.25, -0.2) is 0 Å². The van der Waals surface area contributed by atoms with Crippen molar-refractivity contribution in [2.75, 3.05) is 31.2 Å². The lowest BCUT2D eigenvalue weighted by Gasteiger charge is -2.31. The zero-order valence-corrected chi connectivity index (χ0v) is 11.5. The van der Waals surface area contributed by atoms with Crippen LogP contribution in [0.15, 0.2) is 0 Å². The Bertz CT molecular complexity index is 341. The van der Waals surface area contributed by atoms with E-state index < -0.39 is 10.2 Å². The lowest BCUT2D eigenvalue weighted by Crippen LogP contribution is -2.49. The fourth-order valence-electron chi connectivity index (χ4n) is 2.31. The number of thioether (sulfide) groups is 1. The molecule has 2 unspecified atom stereocenters. The van der Waals surface area contributed by atoms with Crippen LogP contribution in [0.1, 0.15) is 19.3 Å². The maximum Gasteiger partial charge on any atom is 0.279 e. The molecule has 2 saturated heterocycles. The third kappa shape index (κ3) is 3.57. The molecule has 0 bridgehead atoms. The van der Waals surface area contributed by atoms with Crippen molar-refractivity contribution in [3.63, 3.8) is 0 Å². The molecule has 0 aromatic carbocycles. The molecule has 2 N–H and O–H groups in total. The largest absolute Gasteiger partial charge is 0.396 e. The smallest absolute Gasteiger partial charge is 0.279 e. The molecule has 17 heavy (non-hydrogen) atoms. The Morgan fingerprint density at radius 3 is 2.88 bits per heavy atom. The Balaban J connectivity index is 1.94. The Morgan fingerprint density at radius 1 is 1.41 bits per heavy atom. The first-order valence-corrected chi connectivity index (χ1v) is 8.67. The third-order valence-corrected chi connectivity index (χ3v) is 6.13. The number of nitrogens with zero attached hydrogens (tertiary/aromatic N) is 1. The van der Waals surface area contributed by atoms with E-state index in [9.17, 15) is 8.42 Å². The molecule has 2 aliphatic rings. The number of hydrogen-bond donors (Lipinski definition) is 2. The zero-order chi connectivity index (χ0) is 12.3. The minimum Gasteiger partial charge on any atom is -0.396 e. The van der Waals surface area contributed by atoms with Gasteiger partial charge in [-0.3, -0.25) is 0 Å². The van der Waals surface area contributed by atoms with Gasteiger partial charge in [0.15, 0.2) is 0 Å². The molecule has 2 fully saturated rings. The van der Waals surface area contributed by atoms with Gasteiger partial charge in [0.25, 0.3) is 10.2 Å². The van der Waals surface area contributed by atoms with Crippen LogP contribution >= 0.6 is 11.8 Å². The van der Waals surface area contributed by atoms with Crippen molar-refractivity contribution in [3.8, 4) is 0 Å². The average Bonchev–Trinajstić information content (AvgIpc) is 2.81. The molecule has 100 valence electrons. The number of piperidine rings is 1. The maximum atomic E-state index is 12.1. The summed E-state index contributed by atoms with van der Waals surface area (Å²) in [5.74, 6) is 2.00. The van der Waals surface area contributed by atoms with E-state index >= 15 is 0 Å². The van der Waals surface area contributed by atoms with Crippen LogP contribution in [0.4, 0.5) is 0 Å². The van der Waals surface area contributed by atoms with Crippen LogP contribution in [0.2, 0.25) is 0 Å². The Kier molecular flexibility index (Phi) is 4.71. The van der Waals surface area contributed by atoms with Gasteiger partial charge in [-0.15, -0.1) is 0 Å². The van der Waals surface area contributed by atoms with Crippen LogP contribution in [0.25, 0.3) is 0 Å². The molecular formula is C10H20N2O3S2. The lowest BCUT2D eigenvalue weighted by molar-refractivity contribution is 0.164. The predicted molar refractivity (Wildman–Crippen MR) is 69.2 cm³/mol. The molecule has 7 heteroatoms. The van der Waals surface area contributed by atoms with E-state index in [4.69, 9.17) is 5.11 Å². The first kappa shape index (κ1) is 13.6. The van der Waals surface area contributed by atoms with E-state index in [0.29, 0.717) is 13.1 Å². The molecule has 0 saturated carbocycles. The van der Waals surface area contributed by atoms with Crippen molar-refractivity contribution in [2.24, 2.45) is 5.92 Å². The summed E-state index contributed by atoms with van der Waals surface area (Å²) in [5, 5.41) is 9.11. The molecule has 0 aromatic heterocycles. The van der Waals surface area contributed by atoms with Crippen LogP contribution in [-0.4, -0.2) is 55.1 Å². The minimum absolute atomic E-state index is 0.0747. The fraction of sp³-hybridized carbons (Fsp3) is 1.00. The Hall–Kier alpha value is 0.180. The van der Waals surface area contributed by atoms with E-state index in [1.54, 1.807) is 11.8 Å². The Morgan fingerprint density at radius 2 is 2.24 bits per heavy atom. The summed E-state index contributed by atoms with van der Waals surface area (Å²) < 4.78 is 28.5. The zero-order valence-electron chi connectivity index (χ0n) is 9.84. The normalized spacial score (nSPS) is 31.8. The van der Waals surface area contributed by atoms with Crippen LogP contribution in [0.3, 0.4) is 0 Å². The van der Waals surface area contributed by atoms with Crippen molar-refractivity contribution in [3.05, 3.63) is 0 Å². The van der Waals surface area contributed by atoms with Gasteiger partial charge in [-0.05, 0) is 30.9 Å². The van der Waals surface area contributed by atoms with Crippen molar-refractivity contribution in [2.45, 2.75) is 25.3 Å². The predicted octanol–water partition coefficient (Wildman–Crippen LogP) is 0.0306. The summed E-state index contributed by atoms with van der Waals surface area (Å²) in [4.78, 5) is 0. The van der Waals surface area contributed by atoms with Gasteiger partial charge < -0.3 is 5.11 Å². The van der Waals surface area contributed by atoms with Gasteiger partial charge in [-0.2, -0.15) is 29.2 Å². The highest BCUT2D eigenvalue weighted by Gasteiger charge is 2.31. The van der Waals surface area contributed by atoms with Gasteiger partial charge in [0, 0.05) is 31.5 Å². The maximum absolute atomic E-state index is 12.1. The summed E-state index contributed by atoms with van der Waals surface area (Å²) in [6.07, 6.45) is 2.68. The molecule has 0 spiro atoms. The quantitative estimate of drug-likeness (QED) is 0.762. The van der Waals surface area contributed by atoms with Crippen LogP contribution in [-0.2, 0) is 10.2 Å². The van der Waals surface area contributed by atoms with Crippen LogP contribution < -0.4 is 4.72 Å². The van der Waals surface area contributed by atoms with Crippen molar-refractivity contribution >= 4 is 22.0 Å². The molecule has 2 atom stereocenters. The van der Waals surface area contributed by atoms with Gasteiger partial charge in [0.2, 0.25) is 0 Å². The number of nitrogens with one attached hydrogen (secondary N) is 1. The second kappa shape index (κ2) is 5.88. The topological polar surface area (TPSA) is 69.6 Å². The van der Waals surface area contributed by atoms with Gasteiger partial charge in [0.05, 0.1) is 0 Å². The Labute approximate surface area is 107 Å². The number of rotatable bonds is 4. The highest BCUT2D eigenvalue weighted by atomic mass is 32.2. The molecule has 2 aliphatic heterocycles. The summed E-state index contributed by atoms with van der Waals surface area (Å²) in [6.45, 7) is 1.10. The lowest BCUT2D eigenvalue weighted by atomic mass is 10.0. The monoisotopic (exact) mass is 280 g/mol. The van der Waals surface area contributed by atoms with Crippen LogP contribution in [0, 0.1) is 5.92 Å². The summed E-state index contributed by atoms with van der Waals surface area (Å²) in [5.41, 5.74) is 0. The van der Waals surface area contributed by atoms with Crippen molar-refractivity contribution in [1.82, 2.24) is 9.03 Å². The second-order valence-electron chi connectivity index (χ2n) is 4.73. The highest BCUT2D eigenvalue weighted by molar-refractivity contribution is 7.99. The van der Waals surface area contributed by atoms with E-state index in [0.717, 1.165) is 30.8 Å². The second-order valence-corrected chi connectivity index (χ2v) is 7.58. The first-order chi connectivity index (χ1) is 8.12. The van der Waals surface area contributed by atoms with Crippen molar-refractivity contribution < 1.29 is 13.5 Å². The molecular weight excluding hydrogens is 260 g/mol. The number of aliphatic hydroxyl groups is 1. The average molecular weight is 280 g/mol. The van der Waals surface area contributed by atoms with Gasteiger partial charge >= 0.3 is 0 Å². The van der Waals surface area contributed by atoms with E-state index in [1.165, 1.54) is 4.31 Å². The van der Waals surface area contributed by atoms with E-state index in [-0.39, 0.29) is 18.6 Å². The van der Waals surface area contributed by atoms with E-state index in [2.05, 4.69) is 4.72 Å². The molecule has 2 heterocycles. The number of aliphatic hydroxyl groups excluding tert-OH is 1. The summed E-state index contributed by atoms with van der Waals surface area (Å²) in [7, 11) is -3.35. The minimum atomic E-state index is -3.35. The molecule has 0 amide bonds. The summed E-state index contributed by atoms with van der Waals surface area (Å²) in [6, 6.07) is 0.0829. The molecule has 2 rings (SSSR count). The fourth-order valence-corrected chi connectivity index (χ4v) is 5.11. The molecule has 0 radical (unpaired) electrons. The van der Waals surface area contributed by atoms with Crippen molar-refractivity contribution in [1.29, 1.82) is 0 Å². The summed E-state index contributed by atoms with van der Waals surface area (Å²) >= 11 is 1.79. The SMILES string of the molecule is O=S(=O)(NC1CCSC1)N1CCCC(CO)C1. The first-order valence-electron chi connectivity index (χ1n) is 6.08.